The fourth-order valence-corrected chi connectivity index (χ4v) is 6.21. The van der Waals surface area contributed by atoms with Crippen LogP contribution >= 0.6 is 15.9 Å². The van der Waals surface area contributed by atoms with E-state index in [1.165, 1.54) is 0 Å². The van der Waals surface area contributed by atoms with Gasteiger partial charge in [0.1, 0.15) is 0 Å². The van der Waals surface area contributed by atoms with Crippen molar-refractivity contribution in [2.45, 2.75) is 64.1 Å². The minimum atomic E-state index is 0.715. The van der Waals surface area contributed by atoms with Crippen LogP contribution in [0.15, 0.2) is 0 Å². The lowest BCUT2D eigenvalue weighted by Crippen LogP contribution is -2.51. The molecule has 4 bridgehead atoms. The largest absolute Gasteiger partial charge is 0.0885 e. The van der Waals surface area contributed by atoms with E-state index in [0.29, 0.717) is 5.41 Å². The van der Waals surface area contributed by atoms with E-state index in [-0.39, 0.29) is 0 Å². The van der Waals surface area contributed by atoms with Crippen LogP contribution in [0.5, 0.6) is 0 Å². The van der Waals surface area contributed by atoms with Gasteiger partial charge in [-0.2, -0.15) is 0 Å². The molecule has 0 amide bonds. The molecule has 2 unspecified atom stereocenters. The predicted molar refractivity (Wildman–Crippen MR) is 77.3 cm³/mol. The second-order valence-electron chi connectivity index (χ2n) is 7.76. The van der Waals surface area contributed by atoms with Gasteiger partial charge in [0.15, 0.2) is 0 Å². The number of hydrogen-bond acceptors (Lipinski definition) is 0. The van der Waals surface area contributed by atoms with Gasteiger partial charge in [0.25, 0.3) is 0 Å². The quantitative estimate of drug-likeness (QED) is 0.624. The van der Waals surface area contributed by atoms with Gasteiger partial charge in [-0.25, -0.2) is 0 Å². The molecule has 98 valence electrons. The zero-order chi connectivity index (χ0) is 12.2. The van der Waals surface area contributed by atoms with Crippen molar-refractivity contribution in [2.24, 2.45) is 35.0 Å². The second-order valence-corrected chi connectivity index (χ2v) is 8.81. The van der Waals surface area contributed by atoms with Crippen molar-refractivity contribution in [2.75, 3.05) is 0 Å². The molecule has 4 aliphatic carbocycles. The summed E-state index contributed by atoms with van der Waals surface area (Å²) in [6.45, 7) is 7.28. The molecule has 4 aliphatic rings. The van der Waals surface area contributed by atoms with Gasteiger partial charge >= 0.3 is 0 Å². The Morgan fingerprint density at radius 3 is 1.65 bits per heavy atom. The van der Waals surface area contributed by atoms with Gasteiger partial charge < -0.3 is 0 Å². The summed E-state index contributed by atoms with van der Waals surface area (Å²) in [6, 6.07) is 0. The molecule has 1 heteroatoms. The molecule has 0 aromatic rings. The lowest BCUT2D eigenvalue weighted by molar-refractivity contribution is -0.0848. The summed E-state index contributed by atoms with van der Waals surface area (Å²) in [7, 11) is 0. The Bertz CT molecular complexity index is 259. The SMILES string of the molecule is CC(C)C(Br)C(C)C12CC3CC(CC(C3)C1)C2. The van der Waals surface area contributed by atoms with Crippen LogP contribution in [0.25, 0.3) is 0 Å². The molecule has 0 N–H and O–H groups in total. The molecule has 0 nitrogen and oxygen atoms in total. The van der Waals surface area contributed by atoms with E-state index in [2.05, 4.69) is 36.7 Å². The molecule has 4 rings (SSSR count). The molecule has 4 fully saturated rings. The average Bonchev–Trinajstić information content (AvgIpc) is 2.25. The first-order valence-corrected chi connectivity index (χ1v) is 8.56. The normalized spacial score (nSPS) is 47.5. The standard InChI is InChI=1S/C16H27Br/c1-10(2)15(17)11(3)16-7-12-4-13(8-16)6-14(5-12)9-16/h10-15H,4-9H2,1-3H3. The summed E-state index contributed by atoms with van der Waals surface area (Å²) in [4.78, 5) is 0.721. The van der Waals surface area contributed by atoms with Crippen LogP contribution in [-0.4, -0.2) is 4.83 Å². The molecule has 0 aliphatic heterocycles. The highest BCUT2D eigenvalue weighted by Gasteiger charge is 2.54. The Hall–Kier alpha value is 0.480. The van der Waals surface area contributed by atoms with Crippen molar-refractivity contribution in [3.05, 3.63) is 0 Å². The van der Waals surface area contributed by atoms with E-state index in [4.69, 9.17) is 0 Å². The number of halogens is 1. The first kappa shape index (κ1) is 12.5. The van der Waals surface area contributed by atoms with Crippen LogP contribution in [0.2, 0.25) is 0 Å². The summed E-state index contributed by atoms with van der Waals surface area (Å²) in [6.07, 6.45) is 9.36. The maximum atomic E-state index is 4.00. The van der Waals surface area contributed by atoms with Gasteiger partial charge in [0.05, 0.1) is 0 Å². The van der Waals surface area contributed by atoms with Crippen LogP contribution in [0, 0.1) is 35.0 Å². The zero-order valence-electron chi connectivity index (χ0n) is 11.6. The zero-order valence-corrected chi connectivity index (χ0v) is 13.2. The molecule has 0 saturated heterocycles. The predicted octanol–water partition coefficient (Wildman–Crippen LogP) is 5.26. The molecule has 0 spiro atoms. The van der Waals surface area contributed by atoms with E-state index < -0.39 is 0 Å². The van der Waals surface area contributed by atoms with Crippen LogP contribution in [0.4, 0.5) is 0 Å². The van der Waals surface area contributed by atoms with Gasteiger partial charge in [0.2, 0.25) is 0 Å². The third-order valence-electron chi connectivity index (χ3n) is 6.17. The molecule has 4 saturated carbocycles. The Balaban J connectivity index is 1.81. The molecule has 2 atom stereocenters. The fourth-order valence-electron chi connectivity index (χ4n) is 5.65. The van der Waals surface area contributed by atoms with E-state index in [0.717, 1.165) is 34.4 Å². The number of hydrogen-bond donors (Lipinski definition) is 0. The van der Waals surface area contributed by atoms with Gasteiger partial charge in [0, 0.05) is 4.83 Å². The molecule has 0 radical (unpaired) electrons. The summed E-state index contributed by atoms with van der Waals surface area (Å²) >= 11 is 4.00. The van der Waals surface area contributed by atoms with Crippen molar-refractivity contribution in [1.29, 1.82) is 0 Å². The Kier molecular flexibility index (Phi) is 3.13. The topological polar surface area (TPSA) is 0 Å². The minimum Gasteiger partial charge on any atom is -0.0885 e. The summed E-state index contributed by atoms with van der Waals surface area (Å²) in [5, 5.41) is 0. The molecular weight excluding hydrogens is 272 g/mol. The Morgan fingerprint density at radius 2 is 1.29 bits per heavy atom. The van der Waals surface area contributed by atoms with Crippen molar-refractivity contribution in [3.63, 3.8) is 0 Å². The number of alkyl halides is 1. The summed E-state index contributed by atoms with van der Waals surface area (Å²) in [5.41, 5.74) is 0.715. The third kappa shape index (κ3) is 2.01. The Labute approximate surface area is 115 Å². The van der Waals surface area contributed by atoms with Crippen LogP contribution in [0.1, 0.15) is 59.3 Å². The highest BCUT2D eigenvalue weighted by molar-refractivity contribution is 9.09. The summed E-state index contributed by atoms with van der Waals surface area (Å²) in [5.74, 6) is 4.93. The van der Waals surface area contributed by atoms with Crippen molar-refractivity contribution in [1.82, 2.24) is 0 Å². The first-order chi connectivity index (χ1) is 8.00. The van der Waals surface area contributed by atoms with Crippen molar-refractivity contribution < 1.29 is 0 Å². The van der Waals surface area contributed by atoms with Gasteiger partial charge in [-0.05, 0) is 73.5 Å². The molecule has 0 aromatic carbocycles. The minimum absolute atomic E-state index is 0.715. The lowest BCUT2D eigenvalue weighted by Gasteiger charge is -2.60. The van der Waals surface area contributed by atoms with Gasteiger partial charge in [-0.3, -0.25) is 0 Å². The van der Waals surface area contributed by atoms with Crippen molar-refractivity contribution in [3.8, 4) is 0 Å². The first-order valence-electron chi connectivity index (χ1n) is 7.64. The highest BCUT2D eigenvalue weighted by atomic mass is 79.9. The molecule has 17 heavy (non-hydrogen) atoms. The second kappa shape index (κ2) is 4.25. The monoisotopic (exact) mass is 298 g/mol. The van der Waals surface area contributed by atoms with Gasteiger partial charge in [-0.1, -0.05) is 36.7 Å². The molecule has 0 heterocycles. The molecular formula is C16H27Br. The molecule has 0 aromatic heterocycles. The highest BCUT2D eigenvalue weighted by Crippen LogP contribution is 2.63. The Morgan fingerprint density at radius 1 is 0.882 bits per heavy atom. The van der Waals surface area contributed by atoms with Crippen LogP contribution in [-0.2, 0) is 0 Å². The lowest BCUT2D eigenvalue weighted by atomic mass is 9.46. The smallest absolute Gasteiger partial charge is 0.0199 e. The number of rotatable bonds is 3. The van der Waals surface area contributed by atoms with Gasteiger partial charge in [-0.15, -0.1) is 0 Å². The van der Waals surface area contributed by atoms with Crippen LogP contribution < -0.4 is 0 Å². The average molecular weight is 299 g/mol. The summed E-state index contributed by atoms with van der Waals surface area (Å²) < 4.78 is 0. The third-order valence-corrected chi connectivity index (χ3v) is 8.02. The van der Waals surface area contributed by atoms with Crippen molar-refractivity contribution >= 4 is 15.9 Å². The fraction of sp³-hybridized carbons (Fsp3) is 1.00. The van der Waals surface area contributed by atoms with E-state index in [9.17, 15) is 0 Å². The van der Waals surface area contributed by atoms with E-state index in [1.54, 1.807) is 38.5 Å². The van der Waals surface area contributed by atoms with E-state index in [1.807, 2.05) is 0 Å². The maximum absolute atomic E-state index is 4.00. The maximum Gasteiger partial charge on any atom is 0.0199 e. The van der Waals surface area contributed by atoms with Crippen LogP contribution in [0.3, 0.4) is 0 Å². The van der Waals surface area contributed by atoms with E-state index >= 15 is 0 Å².